The lowest BCUT2D eigenvalue weighted by Crippen LogP contribution is -2.04. The largest absolute Gasteiger partial charge is 0.301 e. The Bertz CT molecular complexity index is 521. The summed E-state index contributed by atoms with van der Waals surface area (Å²) in [5, 5.41) is 11.9. The molecule has 0 saturated carbocycles. The second kappa shape index (κ2) is 4.40. The lowest BCUT2D eigenvalue weighted by atomic mass is 10.1. The third-order valence-electron chi connectivity index (χ3n) is 2.08. The molecule has 5 heteroatoms. The van der Waals surface area contributed by atoms with Crippen molar-refractivity contribution in [1.29, 1.82) is 0 Å². The van der Waals surface area contributed by atoms with Gasteiger partial charge in [0.1, 0.15) is 5.01 Å². The van der Waals surface area contributed by atoms with E-state index in [4.69, 9.17) is 0 Å². The van der Waals surface area contributed by atoms with E-state index in [9.17, 15) is 4.79 Å². The molecule has 82 valence electrons. The summed E-state index contributed by atoms with van der Waals surface area (Å²) < 4.78 is 0. The minimum absolute atomic E-state index is 0.132. The molecule has 0 radical (unpaired) electrons. The maximum atomic E-state index is 10.9. The summed E-state index contributed by atoms with van der Waals surface area (Å²) in [6.45, 7) is 3.48. The van der Waals surface area contributed by atoms with Gasteiger partial charge in [-0.2, -0.15) is 0 Å². The molecule has 0 spiro atoms. The zero-order valence-electron chi connectivity index (χ0n) is 9.02. The molecule has 0 saturated heterocycles. The molecule has 0 aliphatic heterocycles. The van der Waals surface area contributed by atoms with Gasteiger partial charge in [-0.1, -0.05) is 35.6 Å². The van der Waals surface area contributed by atoms with Crippen molar-refractivity contribution >= 4 is 22.4 Å². The lowest BCUT2D eigenvalue weighted by Gasteiger charge is -1.98. The van der Waals surface area contributed by atoms with Crippen LogP contribution in [0.4, 0.5) is 5.13 Å². The molecule has 4 nitrogen and oxygen atoms in total. The molecule has 0 bridgehead atoms. The first-order chi connectivity index (χ1) is 7.66. The molecule has 1 N–H and O–H groups in total. The number of aryl methyl sites for hydroxylation is 1. The third-order valence-corrected chi connectivity index (χ3v) is 2.96. The Labute approximate surface area is 97.3 Å². The van der Waals surface area contributed by atoms with Crippen molar-refractivity contribution < 1.29 is 4.79 Å². The van der Waals surface area contributed by atoms with E-state index in [1.54, 1.807) is 0 Å². The SMILES string of the molecule is CC(=O)Nc1nnc(-c2ccccc2C)s1. The number of nitrogens with zero attached hydrogens (tertiary/aromatic N) is 2. The van der Waals surface area contributed by atoms with Gasteiger partial charge in [0.15, 0.2) is 0 Å². The number of benzene rings is 1. The summed E-state index contributed by atoms with van der Waals surface area (Å²) >= 11 is 1.37. The second-order valence-corrected chi connectivity index (χ2v) is 4.39. The highest BCUT2D eigenvalue weighted by molar-refractivity contribution is 7.18. The third kappa shape index (κ3) is 2.25. The molecule has 0 aliphatic rings. The Hall–Kier alpha value is -1.75. The zero-order chi connectivity index (χ0) is 11.5. The van der Waals surface area contributed by atoms with Crippen LogP contribution in [0.1, 0.15) is 12.5 Å². The Balaban J connectivity index is 2.32. The van der Waals surface area contributed by atoms with Gasteiger partial charge in [-0.15, -0.1) is 10.2 Å². The van der Waals surface area contributed by atoms with Crippen LogP contribution >= 0.6 is 11.3 Å². The molecule has 1 aromatic heterocycles. The first kappa shape index (κ1) is 10.8. The van der Waals surface area contributed by atoms with Gasteiger partial charge >= 0.3 is 0 Å². The molecule has 1 heterocycles. The fraction of sp³-hybridized carbons (Fsp3) is 0.182. The molecule has 0 unspecified atom stereocenters. The highest BCUT2D eigenvalue weighted by Crippen LogP contribution is 2.28. The van der Waals surface area contributed by atoms with Crippen LogP contribution in [0.15, 0.2) is 24.3 Å². The molecular formula is C11H11N3OS. The highest BCUT2D eigenvalue weighted by Gasteiger charge is 2.08. The molecule has 2 aromatic rings. The van der Waals surface area contributed by atoms with E-state index >= 15 is 0 Å². The van der Waals surface area contributed by atoms with Gasteiger partial charge in [0.2, 0.25) is 11.0 Å². The van der Waals surface area contributed by atoms with E-state index in [1.807, 2.05) is 31.2 Å². The number of hydrogen-bond donors (Lipinski definition) is 1. The number of anilines is 1. The van der Waals surface area contributed by atoms with Crippen LogP contribution in [0, 0.1) is 6.92 Å². The molecule has 1 aromatic carbocycles. The Morgan fingerprint density at radius 3 is 2.75 bits per heavy atom. The summed E-state index contributed by atoms with van der Waals surface area (Å²) in [5.74, 6) is -0.132. The summed E-state index contributed by atoms with van der Waals surface area (Å²) in [5.41, 5.74) is 2.20. The molecule has 16 heavy (non-hydrogen) atoms. The topological polar surface area (TPSA) is 54.9 Å². The monoisotopic (exact) mass is 233 g/mol. The van der Waals surface area contributed by atoms with Crippen LogP contribution in [0.2, 0.25) is 0 Å². The number of nitrogens with one attached hydrogen (secondary N) is 1. The standard InChI is InChI=1S/C11H11N3OS/c1-7-5-3-4-6-9(7)10-13-14-11(16-10)12-8(2)15/h3-6H,1-2H3,(H,12,14,15). The average molecular weight is 233 g/mol. The van der Waals surface area contributed by atoms with Gasteiger partial charge in [0, 0.05) is 12.5 Å². The number of carbonyl (C=O) groups excluding carboxylic acids is 1. The van der Waals surface area contributed by atoms with Crippen molar-refractivity contribution in [3.05, 3.63) is 29.8 Å². The van der Waals surface area contributed by atoms with Crippen LogP contribution in [-0.4, -0.2) is 16.1 Å². The van der Waals surface area contributed by atoms with Crippen molar-refractivity contribution in [3.8, 4) is 10.6 Å². The Morgan fingerprint density at radius 1 is 1.31 bits per heavy atom. The number of aromatic nitrogens is 2. The van der Waals surface area contributed by atoms with E-state index in [2.05, 4.69) is 15.5 Å². The van der Waals surface area contributed by atoms with E-state index in [0.717, 1.165) is 16.1 Å². The molecule has 0 aliphatic carbocycles. The van der Waals surface area contributed by atoms with E-state index < -0.39 is 0 Å². The van der Waals surface area contributed by atoms with Gasteiger partial charge in [-0.05, 0) is 12.5 Å². The van der Waals surface area contributed by atoms with Gasteiger partial charge in [0.25, 0.3) is 0 Å². The smallest absolute Gasteiger partial charge is 0.223 e. The lowest BCUT2D eigenvalue weighted by molar-refractivity contribution is -0.114. The minimum Gasteiger partial charge on any atom is -0.301 e. The summed E-state index contributed by atoms with van der Waals surface area (Å²) in [4.78, 5) is 10.9. The quantitative estimate of drug-likeness (QED) is 0.867. The van der Waals surface area contributed by atoms with Gasteiger partial charge < -0.3 is 5.32 Å². The van der Waals surface area contributed by atoms with Crippen LogP contribution < -0.4 is 5.32 Å². The first-order valence-electron chi connectivity index (χ1n) is 4.84. The molecular weight excluding hydrogens is 222 g/mol. The normalized spacial score (nSPS) is 10.1. The number of amides is 1. The molecule has 0 fully saturated rings. The fourth-order valence-electron chi connectivity index (χ4n) is 1.35. The van der Waals surface area contributed by atoms with E-state index in [1.165, 1.54) is 18.3 Å². The maximum absolute atomic E-state index is 10.9. The second-order valence-electron chi connectivity index (χ2n) is 3.41. The van der Waals surface area contributed by atoms with Crippen LogP contribution in [0.5, 0.6) is 0 Å². The van der Waals surface area contributed by atoms with E-state index in [0.29, 0.717) is 5.13 Å². The van der Waals surface area contributed by atoms with Crippen LogP contribution in [0.25, 0.3) is 10.6 Å². The molecule has 1 amide bonds. The first-order valence-corrected chi connectivity index (χ1v) is 5.65. The van der Waals surface area contributed by atoms with Crippen molar-refractivity contribution in [1.82, 2.24) is 10.2 Å². The van der Waals surface area contributed by atoms with Gasteiger partial charge in [-0.3, -0.25) is 4.79 Å². The number of hydrogen-bond acceptors (Lipinski definition) is 4. The van der Waals surface area contributed by atoms with Gasteiger partial charge in [0.05, 0.1) is 0 Å². The van der Waals surface area contributed by atoms with Crippen molar-refractivity contribution in [2.45, 2.75) is 13.8 Å². The van der Waals surface area contributed by atoms with Gasteiger partial charge in [-0.25, -0.2) is 0 Å². The zero-order valence-corrected chi connectivity index (χ0v) is 9.84. The predicted molar refractivity (Wildman–Crippen MR) is 64.4 cm³/mol. The Morgan fingerprint density at radius 2 is 2.06 bits per heavy atom. The number of carbonyl (C=O) groups is 1. The Kier molecular flexibility index (Phi) is 2.96. The number of rotatable bonds is 2. The predicted octanol–water partition coefficient (Wildman–Crippen LogP) is 2.47. The fourth-order valence-corrected chi connectivity index (χ4v) is 2.23. The minimum atomic E-state index is -0.132. The molecule has 0 atom stereocenters. The van der Waals surface area contributed by atoms with E-state index in [-0.39, 0.29) is 5.91 Å². The summed E-state index contributed by atoms with van der Waals surface area (Å²) in [6, 6.07) is 7.96. The molecule has 2 rings (SSSR count). The van der Waals surface area contributed by atoms with Crippen molar-refractivity contribution in [2.24, 2.45) is 0 Å². The summed E-state index contributed by atoms with van der Waals surface area (Å²) in [7, 11) is 0. The summed E-state index contributed by atoms with van der Waals surface area (Å²) in [6.07, 6.45) is 0. The average Bonchev–Trinajstić information content (AvgIpc) is 2.66. The van der Waals surface area contributed by atoms with Crippen molar-refractivity contribution in [2.75, 3.05) is 5.32 Å². The van der Waals surface area contributed by atoms with Crippen LogP contribution in [0.3, 0.4) is 0 Å². The maximum Gasteiger partial charge on any atom is 0.223 e. The van der Waals surface area contributed by atoms with Crippen LogP contribution in [-0.2, 0) is 4.79 Å². The highest BCUT2D eigenvalue weighted by atomic mass is 32.1. The van der Waals surface area contributed by atoms with Crippen molar-refractivity contribution in [3.63, 3.8) is 0 Å².